The monoisotopic (exact) mass is 528 g/mol. The molecule has 2 aliphatic carbocycles. The number of benzene rings is 1. The first-order valence-corrected chi connectivity index (χ1v) is 13.3. The Bertz CT molecular complexity index is 1310. The molecule has 6 rings (SSSR count). The van der Waals surface area contributed by atoms with Crippen LogP contribution in [0.5, 0.6) is 0 Å². The molecule has 2 aromatic rings. The molecule has 0 bridgehead atoms. The fourth-order valence-electron chi connectivity index (χ4n) is 5.44. The van der Waals surface area contributed by atoms with Crippen LogP contribution < -0.4 is 4.72 Å². The zero-order valence-corrected chi connectivity index (χ0v) is 19.9. The number of carbonyl (C=O) groups excluding carboxylic acids is 1. The first-order chi connectivity index (χ1) is 16.9. The van der Waals surface area contributed by atoms with E-state index in [2.05, 4.69) is 19.9 Å². The molecule has 1 aromatic heterocycles. The van der Waals surface area contributed by atoms with Gasteiger partial charge < -0.3 is 14.8 Å². The van der Waals surface area contributed by atoms with Crippen LogP contribution in [0.25, 0.3) is 0 Å². The number of alkyl halides is 3. The number of sulfonamides is 1. The first kappa shape index (κ1) is 23.6. The minimum atomic E-state index is -4.78. The number of aromatic amines is 1. The van der Waals surface area contributed by atoms with Crippen LogP contribution in [0, 0.1) is 11.2 Å². The second-order valence-electron chi connectivity index (χ2n) is 10.5. The average molecular weight is 529 g/mol. The van der Waals surface area contributed by atoms with Crippen molar-refractivity contribution in [3.63, 3.8) is 0 Å². The summed E-state index contributed by atoms with van der Waals surface area (Å²) in [6, 6.07) is 0.448. The average Bonchev–Trinajstić information content (AvgIpc) is 3.45. The molecular weight excluding hydrogens is 504 g/mol. The molecule has 2 saturated heterocycles. The van der Waals surface area contributed by atoms with E-state index >= 15 is 0 Å². The summed E-state index contributed by atoms with van der Waals surface area (Å²) >= 11 is 0. The van der Waals surface area contributed by atoms with Crippen LogP contribution in [0.1, 0.15) is 54.7 Å². The van der Waals surface area contributed by atoms with Crippen molar-refractivity contribution in [2.24, 2.45) is 5.41 Å². The molecule has 4 aliphatic rings. The van der Waals surface area contributed by atoms with Crippen LogP contribution in [0.3, 0.4) is 0 Å². The predicted molar refractivity (Wildman–Crippen MR) is 117 cm³/mol. The number of likely N-dealkylation sites (tertiary alicyclic amines) is 2. The molecule has 36 heavy (non-hydrogen) atoms. The third kappa shape index (κ3) is 4.13. The maximum Gasteiger partial charge on any atom is 0.416 e. The van der Waals surface area contributed by atoms with Gasteiger partial charge in [-0.3, -0.25) is 0 Å². The number of nitrogens with one attached hydrogen (secondary N) is 2. The van der Waals surface area contributed by atoms with Gasteiger partial charge >= 0.3 is 12.2 Å². The highest BCUT2D eigenvalue weighted by atomic mass is 32.2. The maximum atomic E-state index is 14.1. The Balaban J connectivity index is 0.972. The summed E-state index contributed by atoms with van der Waals surface area (Å²) in [6.07, 6.45) is -0.582. The first-order valence-electron chi connectivity index (χ1n) is 11.8. The van der Waals surface area contributed by atoms with Gasteiger partial charge in [-0.05, 0) is 43.9 Å². The van der Waals surface area contributed by atoms with E-state index in [1.54, 1.807) is 4.90 Å². The van der Waals surface area contributed by atoms with Gasteiger partial charge in [-0.15, -0.1) is 10.2 Å². The van der Waals surface area contributed by atoms with Crippen molar-refractivity contribution in [3.8, 4) is 0 Å². The highest BCUT2D eigenvalue weighted by Crippen LogP contribution is 2.55. The minimum absolute atomic E-state index is 0.0961. The van der Waals surface area contributed by atoms with Crippen LogP contribution in [-0.2, 0) is 16.2 Å². The number of nitrogens with zero attached hydrogens (tertiary/aromatic N) is 4. The molecule has 0 radical (unpaired) electrons. The van der Waals surface area contributed by atoms with Crippen molar-refractivity contribution >= 4 is 16.1 Å². The Labute approximate surface area is 204 Å². The number of urea groups is 1. The molecule has 2 N–H and O–H groups in total. The van der Waals surface area contributed by atoms with E-state index in [0.29, 0.717) is 37.1 Å². The summed E-state index contributed by atoms with van der Waals surface area (Å²) in [7, 11) is -4.38. The van der Waals surface area contributed by atoms with Crippen molar-refractivity contribution in [3.05, 3.63) is 41.2 Å². The molecule has 9 nitrogen and oxygen atoms in total. The number of hydrogen-bond donors (Lipinski definition) is 2. The molecule has 3 heterocycles. The largest absolute Gasteiger partial charge is 0.416 e. The molecular formula is C22H24F4N6O3S. The van der Waals surface area contributed by atoms with Crippen LogP contribution in [0.4, 0.5) is 22.4 Å². The highest BCUT2D eigenvalue weighted by Gasteiger charge is 2.56. The predicted octanol–water partition coefficient (Wildman–Crippen LogP) is 2.80. The highest BCUT2D eigenvalue weighted by molar-refractivity contribution is 7.89. The molecule has 0 atom stereocenters. The number of halogens is 4. The van der Waals surface area contributed by atoms with Crippen LogP contribution in [-0.4, -0.2) is 71.7 Å². The Morgan fingerprint density at radius 3 is 2.28 bits per heavy atom. The fourth-order valence-corrected chi connectivity index (χ4v) is 6.71. The van der Waals surface area contributed by atoms with Crippen LogP contribution in [0.2, 0.25) is 0 Å². The van der Waals surface area contributed by atoms with Gasteiger partial charge in [0, 0.05) is 43.4 Å². The fraction of sp³-hybridized carbons (Fsp3) is 0.591. The topological polar surface area (TPSA) is 111 Å². The molecule has 2 saturated carbocycles. The molecule has 2 aliphatic heterocycles. The van der Waals surface area contributed by atoms with Crippen molar-refractivity contribution in [2.75, 3.05) is 26.2 Å². The van der Waals surface area contributed by atoms with E-state index in [1.807, 2.05) is 0 Å². The standard InChI is InChI=1S/C22H24F4N6O3S/c23-16-5-14(22(24,25)26)3-4-17(16)36(34,35)30-15-8-31(9-15)20(33)32-10-21(11-32)6-13(7-21)19-27-18(28-29-19)12-1-2-12/h3-5,12-13,15,30H,1-2,6-11H2,(H,27,28,29). The van der Waals surface area contributed by atoms with Crippen LogP contribution >= 0.6 is 0 Å². The minimum Gasteiger partial charge on any atom is -0.328 e. The SMILES string of the molecule is O=C(N1CC(NS(=O)(=O)c2ccc(C(F)(F)F)cc2F)C1)N1CC2(CC(c3nnc(C4CC4)[nH]3)C2)C1. The normalized spacial score (nSPS) is 22.3. The molecule has 14 heteroatoms. The third-order valence-electron chi connectivity index (χ3n) is 7.58. The third-order valence-corrected chi connectivity index (χ3v) is 9.13. The molecule has 2 amide bonds. The van der Waals surface area contributed by atoms with Gasteiger partial charge in [0.15, 0.2) is 0 Å². The molecule has 4 fully saturated rings. The quantitative estimate of drug-likeness (QED) is 0.580. The zero-order chi connectivity index (χ0) is 25.5. The van der Waals surface area contributed by atoms with Gasteiger partial charge in [0.05, 0.1) is 11.6 Å². The van der Waals surface area contributed by atoms with E-state index in [4.69, 9.17) is 0 Å². The van der Waals surface area contributed by atoms with Gasteiger partial charge in [0.1, 0.15) is 22.4 Å². The smallest absolute Gasteiger partial charge is 0.328 e. The van der Waals surface area contributed by atoms with Crippen molar-refractivity contribution < 1.29 is 30.8 Å². The van der Waals surface area contributed by atoms with Crippen LogP contribution in [0.15, 0.2) is 23.1 Å². The van der Waals surface area contributed by atoms with Gasteiger partial charge in [0.25, 0.3) is 0 Å². The summed E-state index contributed by atoms with van der Waals surface area (Å²) in [6.45, 7) is 1.48. The van der Waals surface area contributed by atoms with Gasteiger partial charge in [-0.1, -0.05) is 0 Å². The summed E-state index contributed by atoms with van der Waals surface area (Å²) in [5.74, 6) is 1.27. The summed E-state index contributed by atoms with van der Waals surface area (Å²) in [5, 5.41) is 8.52. The second-order valence-corrected chi connectivity index (χ2v) is 12.2. The van der Waals surface area contributed by atoms with E-state index < -0.39 is 38.5 Å². The Hall–Kier alpha value is -2.74. The zero-order valence-electron chi connectivity index (χ0n) is 19.1. The number of carbonyl (C=O) groups is 1. The molecule has 194 valence electrons. The van der Waals surface area contributed by atoms with Crippen molar-refractivity contribution in [2.45, 2.75) is 54.6 Å². The number of hydrogen-bond acceptors (Lipinski definition) is 5. The lowest BCUT2D eigenvalue weighted by Crippen LogP contribution is -2.69. The van der Waals surface area contributed by atoms with E-state index in [0.717, 1.165) is 37.3 Å². The lowest BCUT2D eigenvalue weighted by Gasteiger charge is -2.59. The number of amides is 2. The summed E-state index contributed by atoms with van der Waals surface area (Å²) in [5.41, 5.74) is -1.17. The molecule has 0 unspecified atom stereocenters. The number of rotatable bonds is 5. The van der Waals surface area contributed by atoms with E-state index in [-0.39, 0.29) is 30.6 Å². The van der Waals surface area contributed by atoms with E-state index in [9.17, 15) is 30.8 Å². The summed E-state index contributed by atoms with van der Waals surface area (Å²) in [4.78, 5) is 18.4. The number of H-pyrrole nitrogens is 1. The number of aromatic nitrogens is 3. The van der Waals surface area contributed by atoms with Gasteiger partial charge in [-0.25, -0.2) is 22.3 Å². The Morgan fingerprint density at radius 1 is 1.06 bits per heavy atom. The van der Waals surface area contributed by atoms with Crippen molar-refractivity contribution in [1.29, 1.82) is 0 Å². The summed E-state index contributed by atoms with van der Waals surface area (Å²) < 4.78 is 79.4. The Kier molecular flexibility index (Phi) is 5.17. The second kappa shape index (κ2) is 7.88. The lowest BCUT2D eigenvalue weighted by molar-refractivity contribution is -0.137. The van der Waals surface area contributed by atoms with Gasteiger partial charge in [0.2, 0.25) is 10.0 Å². The molecule has 1 spiro atoms. The van der Waals surface area contributed by atoms with Crippen molar-refractivity contribution in [1.82, 2.24) is 29.7 Å². The lowest BCUT2D eigenvalue weighted by atomic mass is 9.57. The van der Waals surface area contributed by atoms with Gasteiger partial charge in [-0.2, -0.15) is 13.2 Å². The maximum absolute atomic E-state index is 14.1. The molecule has 1 aromatic carbocycles. The Morgan fingerprint density at radius 2 is 1.69 bits per heavy atom. The van der Waals surface area contributed by atoms with E-state index in [1.165, 1.54) is 4.90 Å².